The lowest BCUT2D eigenvalue weighted by Crippen LogP contribution is -2.60. The van der Waals surface area contributed by atoms with Crippen molar-refractivity contribution in [2.24, 2.45) is 10.7 Å². The Morgan fingerprint density at radius 3 is 2.33 bits per heavy atom. The van der Waals surface area contributed by atoms with E-state index in [4.69, 9.17) is 15.2 Å². The molecule has 0 saturated carbocycles. The minimum Gasteiger partial charge on any atom is -0.478 e. The quantitative estimate of drug-likeness (QED) is 0.354. The number of hydrogen-bond donors (Lipinski definition) is 4. The second kappa shape index (κ2) is 11.0. The van der Waals surface area contributed by atoms with Gasteiger partial charge < -0.3 is 30.9 Å². The first-order chi connectivity index (χ1) is 13.9. The lowest BCUT2D eigenvalue weighted by molar-refractivity contribution is -0.133. The monoisotopic (exact) mass is 426 g/mol. The van der Waals surface area contributed by atoms with Crippen LogP contribution in [0.4, 0.5) is 4.79 Å². The highest BCUT2D eigenvalue weighted by atomic mass is 16.6. The molecule has 1 aliphatic carbocycles. The molecule has 30 heavy (non-hydrogen) atoms. The van der Waals surface area contributed by atoms with Gasteiger partial charge in [0.25, 0.3) is 0 Å². The van der Waals surface area contributed by atoms with Gasteiger partial charge in [0, 0.05) is 18.9 Å². The van der Waals surface area contributed by atoms with Crippen LogP contribution in [-0.2, 0) is 19.1 Å². The molecule has 0 aliphatic heterocycles. The molecule has 0 fully saturated rings. The van der Waals surface area contributed by atoms with Crippen LogP contribution in [0, 0.1) is 0 Å². The van der Waals surface area contributed by atoms with Gasteiger partial charge in [0.15, 0.2) is 5.96 Å². The Balaban J connectivity index is 3.15. The van der Waals surface area contributed by atoms with Crippen molar-refractivity contribution in [3.63, 3.8) is 0 Å². The zero-order valence-electron chi connectivity index (χ0n) is 18.5. The first-order valence-corrected chi connectivity index (χ1v) is 10.1. The maximum atomic E-state index is 11.9. The second-order valence-electron chi connectivity index (χ2n) is 8.19. The van der Waals surface area contributed by atoms with E-state index in [1.807, 2.05) is 13.8 Å². The Morgan fingerprint density at radius 1 is 1.27 bits per heavy atom. The minimum absolute atomic E-state index is 0.0492. The van der Waals surface area contributed by atoms with Gasteiger partial charge in [0.1, 0.15) is 5.60 Å². The highest BCUT2D eigenvalue weighted by molar-refractivity contribution is 5.90. The van der Waals surface area contributed by atoms with Crippen molar-refractivity contribution in [2.75, 3.05) is 0 Å². The summed E-state index contributed by atoms with van der Waals surface area (Å²) in [6.07, 6.45) is 1.36. The smallest absolute Gasteiger partial charge is 0.437 e. The highest BCUT2D eigenvalue weighted by Crippen LogP contribution is 2.24. The van der Waals surface area contributed by atoms with E-state index in [0.717, 1.165) is 12.8 Å². The number of aliphatic carboxylic acids is 1. The van der Waals surface area contributed by atoms with Gasteiger partial charge in [-0.3, -0.25) is 4.79 Å². The zero-order valence-corrected chi connectivity index (χ0v) is 18.5. The van der Waals surface area contributed by atoms with Crippen molar-refractivity contribution in [1.29, 1.82) is 0 Å². The molecule has 3 atom stereocenters. The van der Waals surface area contributed by atoms with E-state index in [0.29, 0.717) is 0 Å². The Hall–Kier alpha value is -2.62. The number of nitrogens with zero attached hydrogens (tertiary/aromatic N) is 1. The van der Waals surface area contributed by atoms with E-state index < -0.39 is 35.9 Å². The molecule has 0 radical (unpaired) electrons. The number of hydrogen-bond acceptors (Lipinski definition) is 5. The lowest BCUT2D eigenvalue weighted by Gasteiger charge is -2.38. The van der Waals surface area contributed by atoms with E-state index >= 15 is 0 Å². The van der Waals surface area contributed by atoms with Crippen molar-refractivity contribution >= 4 is 23.9 Å². The standard InChI is InChI=1S/C20H34N4O6/c1-7-13(8-2)29-15-10-12(17(26)27)9-14(16(15)22-11(3)25)23-18(21)24-19(28)30-20(4,5)6/h10,13-16H,7-9H2,1-6H3,(H,22,25)(H,26,27)(H3,21,23,24,28)/t14-,15+,16+/m0/s1. The SMILES string of the molecule is CCC(CC)O[C@@H]1C=C(C(=O)O)C[C@H](N/C(N)=N/C(=O)OC(C)(C)C)[C@H]1NC(C)=O. The molecule has 10 nitrogen and oxygen atoms in total. The molecule has 1 aliphatic rings. The van der Waals surface area contributed by atoms with E-state index in [2.05, 4.69) is 15.6 Å². The third-order valence-electron chi connectivity index (χ3n) is 4.44. The molecule has 5 N–H and O–H groups in total. The van der Waals surface area contributed by atoms with Crippen molar-refractivity contribution in [1.82, 2.24) is 10.6 Å². The van der Waals surface area contributed by atoms with E-state index in [-0.39, 0.29) is 30.0 Å². The van der Waals surface area contributed by atoms with E-state index in [1.54, 1.807) is 20.8 Å². The van der Waals surface area contributed by atoms with Crippen molar-refractivity contribution < 1.29 is 29.0 Å². The van der Waals surface area contributed by atoms with E-state index in [9.17, 15) is 19.5 Å². The maximum absolute atomic E-state index is 11.9. The number of ether oxygens (including phenoxy) is 2. The molecule has 0 aromatic heterocycles. The van der Waals surface area contributed by atoms with Crippen LogP contribution in [0.25, 0.3) is 0 Å². The third kappa shape index (κ3) is 8.40. The van der Waals surface area contributed by atoms with Crippen LogP contribution in [0.15, 0.2) is 16.6 Å². The maximum Gasteiger partial charge on any atom is 0.437 e. The van der Waals surface area contributed by atoms with Crippen LogP contribution >= 0.6 is 0 Å². The van der Waals surface area contributed by atoms with Crippen molar-refractivity contribution in [3.8, 4) is 0 Å². The summed E-state index contributed by atoms with van der Waals surface area (Å²) >= 11 is 0. The van der Waals surface area contributed by atoms with Crippen LogP contribution in [0.3, 0.4) is 0 Å². The number of guanidine groups is 1. The summed E-state index contributed by atoms with van der Waals surface area (Å²) in [5.74, 6) is -1.64. The Morgan fingerprint density at radius 2 is 1.87 bits per heavy atom. The minimum atomic E-state index is -1.09. The number of carboxylic acids is 1. The molecular formula is C20H34N4O6. The van der Waals surface area contributed by atoms with Crippen LogP contribution in [0.5, 0.6) is 0 Å². The van der Waals surface area contributed by atoms with Crippen LogP contribution in [0.1, 0.15) is 60.8 Å². The molecule has 0 aromatic carbocycles. The van der Waals surface area contributed by atoms with Gasteiger partial charge in [-0.25, -0.2) is 9.59 Å². The van der Waals surface area contributed by atoms with Gasteiger partial charge in [-0.15, -0.1) is 4.99 Å². The topological polar surface area (TPSA) is 152 Å². The summed E-state index contributed by atoms with van der Waals surface area (Å²) in [7, 11) is 0. The van der Waals surface area contributed by atoms with Crippen molar-refractivity contribution in [3.05, 3.63) is 11.6 Å². The molecule has 2 amide bonds. The van der Waals surface area contributed by atoms with Gasteiger partial charge >= 0.3 is 12.1 Å². The fourth-order valence-electron chi connectivity index (χ4n) is 3.11. The number of rotatable bonds is 7. The second-order valence-corrected chi connectivity index (χ2v) is 8.19. The van der Waals surface area contributed by atoms with Crippen molar-refractivity contribution in [2.45, 2.75) is 90.7 Å². The van der Waals surface area contributed by atoms with Gasteiger partial charge in [0.2, 0.25) is 5.91 Å². The van der Waals surface area contributed by atoms with Crippen LogP contribution < -0.4 is 16.4 Å². The molecule has 0 spiro atoms. The molecule has 0 heterocycles. The fraction of sp³-hybridized carbons (Fsp3) is 0.700. The molecule has 1 rings (SSSR count). The van der Waals surface area contributed by atoms with Gasteiger partial charge in [-0.2, -0.15) is 0 Å². The first kappa shape index (κ1) is 25.4. The molecule has 170 valence electrons. The molecule has 0 unspecified atom stereocenters. The molecule has 0 bridgehead atoms. The van der Waals surface area contributed by atoms with Crippen LogP contribution in [-0.4, -0.2) is 58.9 Å². The predicted molar refractivity (Wildman–Crippen MR) is 112 cm³/mol. The summed E-state index contributed by atoms with van der Waals surface area (Å²) in [5, 5.41) is 15.2. The average molecular weight is 427 g/mol. The number of carbonyl (C=O) groups is 3. The Labute approximate surface area is 177 Å². The fourth-order valence-corrected chi connectivity index (χ4v) is 3.11. The summed E-state index contributed by atoms with van der Waals surface area (Å²) in [6.45, 7) is 10.4. The predicted octanol–water partition coefficient (Wildman–Crippen LogP) is 1.69. The number of aliphatic imine (C=N–C) groups is 1. The first-order valence-electron chi connectivity index (χ1n) is 10.1. The number of amides is 2. The number of carboxylic acid groups (broad SMARTS) is 1. The summed E-state index contributed by atoms with van der Waals surface area (Å²) in [5.41, 5.74) is 5.24. The van der Waals surface area contributed by atoms with Gasteiger partial charge in [-0.1, -0.05) is 13.8 Å². The largest absolute Gasteiger partial charge is 0.478 e. The van der Waals surface area contributed by atoms with Gasteiger partial charge in [0.05, 0.1) is 24.3 Å². The third-order valence-corrected chi connectivity index (χ3v) is 4.44. The number of nitrogens with two attached hydrogens (primary N) is 1. The summed E-state index contributed by atoms with van der Waals surface area (Å²) in [4.78, 5) is 39.0. The van der Waals surface area contributed by atoms with Gasteiger partial charge in [-0.05, 0) is 39.7 Å². The number of carbonyl (C=O) groups excluding carboxylic acids is 2. The Kier molecular flexibility index (Phi) is 9.28. The zero-order chi connectivity index (χ0) is 23.1. The molecule has 0 aromatic rings. The average Bonchev–Trinajstić information content (AvgIpc) is 2.59. The number of nitrogens with one attached hydrogen (secondary N) is 2. The normalized spacial score (nSPS) is 22.3. The van der Waals surface area contributed by atoms with E-state index in [1.165, 1.54) is 13.0 Å². The molecule has 0 saturated heterocycles. The molecule has 10 heteroatoms. The molecular weight excluding hydrogens is 392 g/mol. The summed E-state index contributed by atoms with van der Waals surface area (Å²) in [6, 6.07) is -1.27. The lowest BCUT2D eigenvalue weighted by atomic mass is 9.87. The summed E-state index contributed by atoms with van der Waals surface area (Å²) < 4.78 is 11.2. The van der Waals surface area contributed by atoms with Crippen LogP contribution in [0.2, 0.25) is 0 Å². The Bertz CT molecular complexity index is 694. The highest BCUT2D eigenvalue weighted by Gasteiger charge is 2.38.